The van der Waals surface area contributed by atoms with Gasteiger partial charge in [0.05, 0.1) is 7.11 Å². The van der Waals surface area contributed by atoms with E-state index >= 15 is 0 Å². The average Bonchev–Trinajstić information content (AvgIpc) is 2.70. The van der Waals surface area contributed by atoms with Gasteiger partial charge in [-0.05, 0) is 41.8 Å². The van der Waals surface area contributed by atoms with Gasteiger partial charge in [-0.25, -0.2) is 0 Å². The minimum atomic E-state index is 0.00511. The van der Waals surface area contributed by atoms with Gasteiger partial charge in [0.25, 0.3) is 5.91 Å². The lowest BCUT2D eigenvalue weighted by Crippen LogP contribution is -2.37. The van der Waals surface area contributed by atoms with Crippen LogP contribution in [0.15, 0.2) is 53.5 Å². The fraction of sp³-hybridized carbons (Fsp3) is 0.333. The lowest BCUT2D eigenvalue weighted by molar-refractivity contribution is 0.0827. The van der Waals surface area contributed by atoms with Crippen LogP contribution in [-0.2, 0) is 13.0 Å². The van der Waals surface area contributed by atoms with E-state index < -0.39 is 0 Å². The predicted molar refractivity (Wildman–Crippen MR) is 109 cm³/mol. The number of ether oxygens (including phenoxy) is 1. The first kappa shape index (κ1) is 20.3. The summed E-state index contributed by atoms with van der Waals surface area (Å²) in [6.07, 6.45) is 0.895. The normalized spacial score (nSPS) is 11.0. The molecule has 2 N–H and O–H groups in total. The Kier molecular flexibility index (Phi) is 7.67. The van der Waals surface area contributed by atoms with Crippen LogP contribution in [0.1, 0.15) is 21.5 Å². The number of aliphatic imine (C=N–C) groups is 1. The van der Waals surface area contributed by atoms with E-state index in [2.05, 4.69) is 27.8 Å². The Bertz CT molecular complexity index is 753. The molecular weight excluding hydrogens is 340 g/mol. The van der Waals surface area contributed by atoms with E-state index in [0.717, 1.165) is 30.2 Å². The molecule has 0 unspecified atom stereocenters. The van der Waals surface area contributed by atoms with Crippen molar-refractivity contribution in [2.75, 3.05) is 34.8 Å². The molecule has 6 heteroatoms. The highest BCUT2D eigenvalue weighted by atomic mass is 16.5. The van der Waals surface area contributed by atoms with Crippen molar-refractivity contribution in [3.05, 3.63) is 65.2 Å². The standard InChI is InChI=1S/C21H28N4O2/c1-22-21(23-14-13-16-7-11-19(27-4)12-8-16)24-15-17-5-9-18(10-6-17)20(26)25(2)3/h5-12H,13-15H2,1-4H3,(H2,22,23,24). The summed E-state index contributed by atoms with van der Waals surface area (Å²) >= 11 is 0. The van der Waals surface area contributed by atoms with Crippen LogP contribution in [0.3, 0.4) is 0 Å². The molecule has 0 bridgehead atoms. The maximum Gasteiger partial charge on any atom is 0.253 e. The van der Waals surface area contributed by atoms with Crippen molar-refractivity contribution < 1.29 is 9.53 Å². The summed E-state index contributed by atoms with van der Waals surface area (Å²) in [6.45, 7) is 1.42. The number of nitrogens with one attached hydrogen (secondary N) is 2. The number of carbonyl (C=O) groups excluding carboxylic acids is 1. The van der Waals surface area contributed by atoms with Gasteiger partial charge in [0.2, 0.25) is 0 Å². The predicted octanol–water partition coefficient (Wildman–Crippen LogP) is 2.30. The number of hydrogen-bond acceptors (Lipinski definition) is 3. The van der Waals surface area contributed by atoms with Crippen molar-refractivity contribution >= 4 is 11.9 Å². The first-order valence-corrected chi connectivity index (χ1v) is 8.91. The van der Waals surface area contributed by atoms with Gasteiger partial charge in [-0.2, -0.15) is 0 Å². The Morgan fingerprint density at radius 1 is 1.00 bits per heavy atom. The van der Waals surface area contributed by atoms with Gasteiger partial charge in [-0.3, -0.25) is 9.79 Å². The highest BCUT2D eigenvalue weighted by molar-refractivity contribution is 5.93. The topological polar surface area (TPSA) is 66.0 Å². The lowest BCUT2D eigenvalue weighted by Gasteiger charge is -2.13. The largest absolute Gasteiger partial charge is 0.497 e. The molecule has 0 aliphatic carbocycles. The minimum absolute atomic E-state index is 0.00511. The van der Waals surface area contributed by atoms with Crippen LogP contribution in [-0.4, -0.2) is 51.6 Å². The zero-order valence-electron chi connectivity index (χ0n) is 16.5. The average molecular weight is 368 g/mol. The molecule has 0 spiro atoms. The van der Waals surface area contributed by atoms with Crippen LogP contribution in [0.2, 0.25) is 0 Å². The lowest BCUT2D eigenvalue weighted by atomic mass is 10.1. The van der Waals surface area contributed by atoms with E-state index in [1.807, 2.05) is 36.4 Å². The maximum absolute atomic E-state index is 11.9. The van der Waals surface area contributed by atoms with E-state index in [-0.39, 0.29) is 5.91 Å². The zero-order chi connectivity index (χ0) is 19.6. The van der Waals surface area contributed by atoms with Gasteiger partial charge in [0.15, 0.2) is 5.96 Å². The minimum Gasteiger partial charge on any atom is -0.497 e. The van der Waals surface area contributed by atoms with E-state index in [1.165, 1.54) is 5.56 Å². The molecular formula is C21H28N4O2. The van der Waals surface area contributed by atoms with Crippen LogP contribution < -0.4 is 15.4 Å². The highest BCUT2D eigenvalue weighted by Gasteiger charge is 2.07. The summed E-state index contributed by atoms with van der Waals surface area (Å²) in [4.78, 5) is 17.7. The second-order valence-electron chi connectivity index (χ2n) is 6.35. The van der Waals surface area contributed by atoms with E-state index in [1.54, 1.807) is 33.2 Å². The molecule has 0 atom stereocenters. The van der Waals surface area contributed by atoms with Gasteiger partial charge >= 0.3 is 0 Å². The highest BCUT2D eigenvalue weighted by Crippen LogP contribution is 2.11. The molecule has 0 aromatic heterocycles. The molecule has 27 heavy (non-hydrogen) atoms. The molecule has 0 aliphatic rings. The molecule has 6 nitrogen and oxygen atoms in total. The summed E-state index contributed by atoms with van der Waals surface area (Å²) in [6, 6.07) is 15.7. The molecule has 1 amide bonds. The summed E-state index contributed by atoms with van der Waals surface area (Å²) in [5, 5.41) is 6.59. The second-order valence-corrected chi connectivity index (χ2v) is 6.35. The van der Waals surface area contributed by atoms with Gasteiger partial charge in [0.1, 0.15) is 5.75 Å². The number of hydrogen-bond donors (Lipinski definition) is 2. The number of amides is 1. The van der Waals surface area contributed by atoms with Crippen LogP contribution in [0.5, 0.6) is 5.75 Å². The van der Waals surface area contributed by atoms with Gasteiger partial charge < -0.3 is 20.3 Å². The van der Waals surface area contributed by atoms with Crippen molar-refractivity contribution in [1.29, 1.82) is 0 Å². The third-order valence-electron chi connectivity index (χ3n) is 4.16. The summed E-state index contributed by atoms with van der Waals surface area (Å²) in [5.74, 6) is 1.62. The Balaban J connectivity index is 1.78. The number of carbonyl (C=O) groups is 1. The fourth-order valence-corrected chi connectivity index (χ4v) is 2.55. The SMILES string of the molecule is CN=C(NCCc1ccc(OC)cc1)NCc1ccc(C(=O)N(C)C)cc1. The van der Waals surface area contributed by atoms with Crippen LogP contribution in [0.4, 0.5) is 0 Å². The van der Waals surface area contributed by atoms with Crippen LogP contribution in [0.25, 0.3) is 0 Å². The third-order valence-corrected chi connectivity index (χ3v) is 4.16. The molecule has 0 saturated heterocycles. The van der Waals surface area contributed by atoms with Crippen molar-refractivity contribution in [2.24, 2.45) is 4.99 Å². The molecule has 144 valence electrons. The van der Waals surface area contributed by atoms with Crippen LogP contribution >= 0.6 is 0 Å². The molecule has 2 rings (SSSR count). The number of nitrogens with zero attached hydrogens (tertiary/aromatic N) is 2. The Labute approximate surface area is 161 Å². The van der Waals surface area contributed by atoms with E-state index in [0.29, 0.717) is 12.1 Å². The van der Waals surface area contributed by atoms with Gasteiger partial charge in [0, 0.05) is 39.8 Å². The van der Waals surface area contributed by atoms with Gasteiger partial charge in [-0.15, -0.1) is 0 Å². The molecule has 0 fully saturated rings. The molecule has 2 aromatic rings. The number of methoxy groups -OCH3 is 1. The third kappa shape index (κ3) is 6.33. The monoisotopic (exact) mass is 368 g/mol. The van der Waals surface area contributed by atoms with Crippen molar-refractivity contribution in [3.63, 3.8) is 0 Å². The van der Waals surface area contributed by atoms with Crippen molar-refractivity contribution in [1.82, 2.24) is 15.5 Å². The number of benzene rings is 2. The van der Waals surface area contributed by atoms with Crippen molar-refractivity contribution in [2.45, 2.75) is 13.0 Å². The molecule has 0 heterocycles. The maximum atomic E-state index is 11.9. The Morgan fingerprint density at radius 3 is 2.19 bits per heavy atom. The number of rotatable bonds is 7. The zero-order valence-corrected chi connectivity index (χ0v) is 16.5. The molecule has 2 aromatic carbocycles. The fourth-order valence-electron chi connectivity index (χ4n) is 2.55. The summed E-state index contributed by atoms with van der Waals surface area (Å²) in [7, 11) is 6.92. The Hall–Kier alpha value is -3.02. The first-order valence-electron chi connectivity index (χ1n) is 8.91. The van der Waals surface area contributed by atoms with Crippen LogP contribution in [0, 0.1) is 0 Å². The molecule has 0 aliphatic heterocycles. The first-order chi connectivity index (χ1) is 13.0. The molecule has 0 saturated carbocycles. The van der Waals surface area contributed by atoms with Gasteiger partial charge in [-0.1, -0.05) is 24.3 Å². The smallest absolute Gasteiger partial charge is 0.253 e. The quantitative estimate of drug-likeness (QED) is 0.581. The second kappa shape index (κ2) is 10.2. The molecule has 0 radical (unpaired) electrons. The van der Waals surface area contributed by atoms with E-state index in [9.17, 15) is 4.79 Å². The van der Waals surface area contributed by atoms with E-state index in [4.69, 9.17) is 4.74 Å². The Morgan fingerprint density at radius 2 is 1.63 bits per heavy atom. The summed E-state index contributed by atoms with van der Waals surface area (Å²) < 4.78 is 5.17. The van der Waals surface area contributed by atoms with Crippen molar-refractivity contribution in [3.8, 4) is 5.75 Å². The summed E-state index contributed by atoms with van der Waals surface area (Å²) in [5.41, 5.74) is 3.01. The number of guanidine groups is 1.